The molecule has 2 aromatic heterocycles. The van der Waals surface area contributed by atoms with Gasteiger partial charge in [-0.05, 0) is 26.0 Å². The molecule has 0 amide bonds. The molecule has 1 N–H and O–H groups in total. The molecule has 0 saturated carbocycles. The Hall–Kier alpha value is -2.92. The Kier molecular flexibility index (Phi) is 5.96. The molecule has 3 aromatic rings. The van der Waals surface area contributed by atoms with E-state index in [4.69, 9.17) is 22.2 Å². The fourth-order valence-corrected chi connectivity index (χ4v) is 3.20. The molecule has 12 heteroatoms. The summed E-state index contributed by atoms with van der Waals surface area (Å²) in [5.41, 5.74) is -3.51. The zero-order valence-corrected chi connectivity index (χ0v) is 16.9. The Morgan fingerprint density at radius 3 is 2.74 bits per heavy atom. The van der Waals surface area contributed by atoms with E-state index in [-0.39, 0.29) is 17.2 Å². The van der Waals surface area contributed by atoms with E-state index in [0.29, 0.717) is 4.68 Å². The van der Waals surface area contributed by atoms with Crippen LogP contribution in [0.15, 0.2) is 28.9 Å². The third kappa shape index (κ3) is 4.42. The number of hydrogen-bond acceptors (Lipinski definition) is 6. The van der Waals surface area contributed by atoms with Gasteiger partial charge in [-0.25, -0.2) is 9.18 Å². The van der Waals surface area contributed by atoms with Gasteiger partial charge in [0.15, 0.2) is 11.5 Å². The van der Waals surface area contributed by atoms with Crippen LogP contribution in [-0.2, 0) is 17.5 Å². The lowest BCUT2D eigenvalue weighted by Crippen LogP contribution is -2.21. The number of aliphatic hydroxyl groups is 1. The van der Waals surface area contributed by atoms with Gasteiger partial charge in [0, 0.05) is 0 Å². The molecule has 0 radical (unpaired) electrons. The largest absolute Gasteiger partial charge is 0.462 e. The highest BCUT2D eigenvalue weighted by Gasteiger charge is 2.42. The Balaban J connectivity index is 2.30. The van der Waals surface area contributed by atoms with Gasteiger partial charge >= 0.3 is 12.1 Å². The number of nitrogens with zero attached hydrogens (tertiary/aromatic N) is 3. The van der Waals surface area contributed by atoms with Crippen molar-refractivity contribution in [2.75, 3.05) is 6.61 Å². The molecule has 0 fully saturated rings. The number of carbonyl (C=O) groups excluding carboxylic acids is 1. The summed E-state index contributed by atoms with van der Waals surface area (Å²) in [7, 11) is 0. The van der Waals surface area contributed by atoms with Gasteiger partial charge in [-0.1, -0.05) is 22.8 Å². The van der Waals surface area contributed by atoms with Crippen LogP contribution in [0.25, 0.3) is 22.6 Å². The quantitative estimate of drug-likeness (QED) is 0.426. The fourth-order valence-electron chi connectivity index (χ4n) is 2.95. The van der Waals surface area contributed by atoms with Gasteiger partial charge in [-0.2, -0.15) is 18.3 Å². The topological polar surface area (TPSA) is 90.4 Å². The standard InChI is InChI=1S/C19H16ClF4N3O4/c1-3-30-18(29)14-15(13-11(20)5-4-6-12(13)21)26-31-16(14)10-7-25-27(8-9(2)28)17(10)19(22,23)24/h4-7,9,28H,3,8H2,1-2H3/i9D. The number of carbonyl (C=O) groups is 1. The second-order valence-corrected chi connectivity index (χ2v) is 6.76. The predicted octanol–water partition coefficient (Wildman–Crippen LogP) is 4.57. The minimum absolute atomic E-state index is 0.138. The average molecular weight is 463 g/mol. The zero-order valence-electron chi connectivity index (χ0n) is 17.1. The van der Waals surface area contributed by atoms with E-state index in [1.165, 1.54) is 19.1 Å². The molecule has 0 aliphatic carbocycles. The van der Waals surface area contributed by atoms with Crippen molar-refractivity contribution >= 4 is 17.6 Å². The highest BCUT2D eigenvalue weighted by molar-refractivity contribution is 6.33. The van der Waals surface area contributed by atoms with Gasteiger partial charge in [0.1, 0.15) is 17.1 Å². The van der Waals surface area contributed by atoms with Gasteiger partial charge < -0.3 is 14.4 Å². The van der Waals surface area contributed by atoms with Crippen LogP contribution in [0.1, 0.15) is 31.3 Å². The van der Waals surface area contributed by atoms with Gasteiger partial charge in [-0.3, -0.25) is 4.68 Å². The number of halogens is 5. The second-order valence-electron chi connectivity index (χ2n) is 6.35. The smallest absolute Gasteiger partial charge is 0.433 e. The van der Waals surface area contributed by atoms with E-state index in [1.54, 1.807) is 0 Å². The molecule has 0 bridgehead atoms. The maximum atomic E-state index is 14.5. The maximum Gasteiger partial charge on any atom is 0.433 e. The Morgan fingerprint density at radius 2 is 2.16 bits per heavy atom. The third-order valence-electron chi connectivity index (χ3n) is 4.10. The van der Waals surface area contributed by atoms with Crippen LogP contribution in [-0.4, -0.2) is 38.7 Å². The third-order valence-corrected chi connectivity index (χ3v) is 4.42. The Morgan fingerprint density at radius 1 is 1.45 bits per heavy atom. The van der Waals surface area contributed by atoms with Crippen molar-refractivity contribution in [3.8, 4) is 22.6 Å². The summed E-state index contributed by atoms with van der Waals surface area (Å²) in [6, 6.07) is 3.63. The first-order chi connectivity index (χ1) is 14.8. The molecule has 3 rings (SSSR count). The van der Waals surface area contributed by atoms with E-state index in [2.05, 4.69) is 10.3 Å². The van der Waals surface area contributed by atoms with E-state index < -0.39 is 58.9 Å². The van der Waals surface area contributed by atoms with Crippen molar-refractivity contribution < 1.29 is 38.1 Å². The summed E-state index contributed by atoms with van der Waals surface area (Å²) in [6.07, 6.45) is -6.56. The number of esters is 1. The van der Waals surface area contributed by atoms with Crippen molar-refractivity contribution in [3.63, 3.8) is 0 Å². The SMILES string of the molecule is [2H]C(C)(O)Cn1ncc(-c2onc(-c3c(F)cccc3Cl)c2C(=O)OCC)c1C(F)(F)F. The molecular formula is C19H16ClF4N3O4. The lowest BCUT2D eigenvalue weighted by Gasteiger charge is -2.13. The van der Waals surface area contributed by atoms with Crippen molar-refractivity contribution in [1.29, 1.82) is 0 Å². The highest BCUT2D eigenvalue weighted by atomic mass is 35.5. The molecular weight excluding hydrogens is 446 g/mol. The molecule has 0 aliphatic heterocycles. The lowest BCUT2D eigenvalue weighted by molar-refractivity contribution is -0.144. The fraction of sp³-hybridized carbons (Fsp3) is 0.316. The first-order valence-corrected chi connectivity index (χ1v) is 9.20. The summed E-state index contributed by atoms with van der Waals surface area (Å²) >= 11 is 6.03. The first-order valence-electron chi connectivity index (χ1n) is 9.32. The van der Waals surface area contributed by atoms with E-state index in [9.17, 15) is 27.5 Å². The number of alkyl halides is 3. The van der Waals surface area contributed by atoms with Crippen LogP contribution in [0.5, 0.6) is 0 Å². The normalized spacial score (nSPS) is 14.3. The number of hydrogen-bond donors (Lipinski definition) is 1. The van der Waals surface area contributed by atoms with Crippen LogP contribution < -0.4 is 0 Å². The minimum Gasteiger partial charge on any atom is -0.462 e. The highest BCUT2D eigenvalue weighted by Crippen LogP contribution is 2.42. The van der Waals surface area contributed by atoms with Crippen molar-refractivity contribution in [3.05, 3.63) is 46.5 Å². The molecule has 166 valence electrons. The van der Waals surface area contributed by atoms with Crippen LogP contribution in [0.3, 0.4) is 0 Å². The van der Waals surface area contributed by atoms with Crippen LogP contribution in [0, 0.1) is 5.82 Å². The lowest BCUT2D eigenvalue weighted by atomic mass is 10.0. The Bertz CT molecular complexity index is 1130. The van der Waals surface area contributed by atoms with Gasteiger partial charge in [0.05, 0.1) is 42.9 Å². The van der Waals surface area contributed by atoms with Gasteiger partial charge in [-0.15, -0.1) is 0 Å². The summed E-state index contributed by atoms with van der Waals surface area (Å²) < 4.78 is 73.9. The van der Waals surface area contributed by atoms with Crippen molar-refractivity contribution in [2.45, 2.75) is 32.6 Å². The molecule has 0 aliphatic rings. The average Bonchev–Trinajstić information content (AvgIpc) is 3.24. The van der Waals surface area contributed by atoms with E-state index in [0.717, 1.165) is 19.2 Å². The molecule has 1 unspecified atom stereocenters. The summed E-state index contributed by atoms with van der Waals surface area (Å²) in [4.78, 5) is 12.6. The zero-order chi connectivity index (χ0) is 23.8. The molecule has 0 spiro atoms. The molecule has 0 saturated heterocycles. The number of benzene rings is 1. The van der Waals surface area contributed by atoms with Gasteiger partial charge in [0.25, 0.3) is 0 Å². The molecule has 1 aromatic carbocycles. The van der Waals surface area contributed by atoms with Crippen molar-refractivity contribution in [1.82, 2.24) is 14.9 Å². The number of rotatable bonds is 6. The van der Waals surface area contributed by atoms with Gasteiger partial charge in [0.2, 0.25) is 0 Å². The molecule has 7 nitrogen and oxygen atoms in total. The second kappa shape index (κ2) is 8.67. The molecule has 2 heterocycles. The summed E-state index contributed by atoms with van der Waals surface area (Å²) in [6.45, 7) is 1.47. The molecule has 1 atom stereocenters. The first kappa shape index (κ1) is 21.3. The predicted molar refractivity (Wildman–Crippen MR) is 101 cm³/mol. The summed E-state index contributed by atoms with van der Waals surface area (Å²) in [5, 5.41) is 16.7. The molecule has 31 heavy (non-hydrogen) atoms. The monoisotopic (exact) mass is 462 g/mol. The van der Waals surface area contributed by atoms with E-state index in [1.807, 2.05) is 0 Å². The maximum absolute atomic E-state index is 14.5. The van der Waals surface area contributed by atoms with Crippen LogP contribution in [0.2, 0.25) is 5.02 Å². The van der Waals surface area contributed by atoms with Crippen LogP contribution in [0.4, 0.5) is 17.6 Å². The van der Waals surface area contributed by atoms with Crippen molar-refractivity contribution in [2.24, 2.45) is 0 Å². The minimum atomic E-state index is -5.02. The van der Waals surface area contributed by atoms with E-state index >= 15 is 0 Å². The van der Waals surface area contributed by atoms with Crippen LogP contribution >= 0.6 is 11.6 Å². The number of aromatic nitrogens is 3. The Labute approximate surface area is 179 Å². The number of ether oxygens (including phenoxy) is 1. The summed E-state index contributed by atoms with van der Waals surface area (Å²) in [5.74, 6) is -2.69.